The molecule has 1 N–H and O–H groups in total. The predicted molar refractivity (Wildman–Crippen MR) is 88.6 cm³/mol. The maximum atomic E-state index is 12.4. The summed E-state index contributed by atoms with van der Waals surface area (Å²) in [5.41, 5.74) is 1.72. The highest BCUT2D eigenvalue weighted by atomic mass is 16.5. The van der Waals surface area contributed by atoms with Crippen molar-refractivity contribution in [2.24, 2.45) is 0 Å². The molecule has 0 saturated carbocycles. The van der Waals surface area contributed by atoms with E-state index in [2.05, 4.69) is 11.9 Å². The van der Waals surface area contributed by atoms with Crippen LogP contribution in [-0.4, -0.2) is 18.4 Å². The van der Waals surface area contributed by atoms with Gasteiger partial charge in [-0.2, -0.15) is 0 Å². The number of carbonyl (C=O) groups is 2. The van der Waals surface area contributed by atoms with Crippen molar-refractivity contribution in [3.63, 3.8) is 0 Å². The van der Waals surface area contributed by atoms with Gasteiger partial charge in [-0.25, -0.2) is 0 Å². The minimum absolute atomic E-state index is 0.169. The van der Waals surface area contributed by atoms with E-state index in [0.717, 1.165) is 11.1 Å². The molecule has 1 unspecified atom stereocenters. The SMILES string of the molecule is C=CC(=O)NCC(C(=O)OCc1ccccc1)c1ccccc1. The second kappa shape index (κ2) is 8.54. The summed E-state index contributed by atoms with van der Waals surface area (Å²) in [6, 6.07) is 18.7. The molecule has 1 amide bonds. The lowest BCUT2D eigenvalue weighted by atomic mass is 9.99. The molecule has 0 radical (unpaired) electrons. The molecule has 4 nitrogen and oxygen atoms in total. The van der Waals surface area contributed by atoms with E-state index in [1.807, 2.05) is 60.7 Å². The number of ether oxygens (including phenoxy) is 1. The monoisotopic (exact) mass is 309 g/mol. The van der Waals surface area contributed by atoms with Gasteiger partial charge in [0.05, 0.1) is 5.92 Å². The van der Waals surface area contributed by atoms with Crippen molar-refractivity contribution in [3.05, 3.63) is 84.4 Å². The average molecular weight is 309 g/mol. The van der Waals surface area contributed by atoms with E-state index >= 15 is 0 Å². The van der Waals surface area contributed by atoms with Gasteiger partial charge in [0, 0.05) is 6.54 Å². The van der Waals surface area contributed by atoms with Crippen LogP contribution in [0.2, 0.25) is 0 Å². The van der Waals surface area contributed by atoms with Crippen molar-refractivity contribution in [1.82, 2.24) is 5.32 Å². The Hall–Kier alpha value is -2.88. The first-order valence-corrected chi connectivity index (χ1v) is 7.36. The van der Waals surface area contributed by atoms with Gasteiger partial charge in [0.15, 0.2) is 0 Å². The summed E-state index contributed by atoms with van der Waals surface area (Å²) in [5, 5.41) is 2.65. The van der Waals surface area contributed by atoms with Gasteiger partial charge in [0.2, 0.25) is 5.91 Å². The van der Waals surface area contributed by atoms with E-state index in [1.54, 1.807) is 0 Å². The Morgan fingerprint density at radius 3 is 2.26 bits per heavy atom. The van der Waals surface area contributed by atoms with Gasteiger partial charge < -0.3 is 10.1 Å². The van der Waals surface area contributed by atoms with Crippen LogP contribution in [0.3, 0.4) is 0 Å². The minimum atomic E-state index is -0.552. The maximum absolute atomic E-state index is 12.4. The van der Waals surface area contributed by atoms with Gasteiger partial charge in [-0.3, -0.25) is 9.59 Å². The van der Waals surface area contributed by atoms with Gasteiger partial charge >= 0.3 is 5.97 Å². The van der Waals surface area contributed by atoms with E-state index in [0.29, 0.717) is 0 Å². The zero-order valence-corrected chi connectivity index (χ0v) is 12.8. The Morgan fingerprint density at radius 1 is 1.04 bits per heavy atom. The fourth-order valence-electron chi connectivity index (χ4n) is 2.13. The molecule has 118 valence electrons. The van der Waals surface area contributed by atoms with Crippen LogP contribution >= 0.6 is 0 Å². The van der Waals surface area contributed by atoms with Gasteiger partial charge in [-0.05, 0) is 17.2 Å². The number of hydrogen-bond donors (Lipinski definition) is 1. The normalized spacial score (nSPS) is 11.3. The van der Waals surface area contributed by atoms with Crippen LogP contribution < -0.4 is 5.32 Å². The quantitative estimate of drug-likeness (QED) is 0.632. The molecule has 0 aliphatic heterocycles. The van der Waals surface area contributed by atoms with E-state index in [9.17, 15) is 9.59 Å². The number of benzene rings is 2. The van der Waals surface area contributed by atoms with Crippen LogP contribution in [0.1, 0.15) is 17.0 Å². The van der Waals surface area contributed by atoms with Crippen molar-refractivity contribution in [2.45, 2.75) is 12.5 Å². The second-order valence-electron chi connectivity index (χ2n) is 5.01. The highest BCUT2D eigenvalue weighted by Crippen LogP contribution is 2.17. The van der Waals surface area contributed by atoms with Crippen LogP contribution in [0.4, 0.5) is 0 Å². The van der Waals surface area contributed by atoms with Crippen LogP contribution in [0, 0.1) is 0 Å². The molecule has 2 rings (SSSR count). The number of rotatable bonds is 7. The third-order valence-electron chi connectivity index (χ3n) is 3.38. The molecule has 23 heavy (non-hydrogen) atoms. The molecule has 0 saturated heterocycles. The highest BCUT2D eigenvalue weighted by molar-refractivity contribution is 5.87. The molecule has 1 atom stereocenters. The molecule has 0 spiro atoms. The fourth-order valence-corrected chi connectivity index (χ4v) is 2.13. The largest absolute Gasteiger partial charge is 0.460 e. The van der Waals surface area contributed by atoms with E-state index in [-0.39, 0.29) is 25.0 Å². The summed E-state index contributed by atoms with van der Waals surface area (Å²) < 4.78 is 5.39. The highest BCUT2D eigenvalue weighted by Gasteiger charge is 2.22. The first kappa shape index (κ1) is 16.5. The smallest absolute Gasteiger partial charge is 0.315 e. The lowest BCUT2D eigenvalue weighted by Gasteiger charge is -2.17. The maximum Gasteiger partial charge on any atom is 0.315 e. The molecule has 4 heteroatoms. The van der Waals surface area contributed by atoms with Gasteiger partial charge in [0.25, 0.3) is 0 Å². The van der Waals surface area contributed by atoms with Crippen molar-refractivity contribution < 1.29 is 14.3 Å². The number of hydrogen-bond acceptors (Lipinski definition) is 3. The minimum Gasteiger partial charge on any atom is -0.460 e. The Bertz CT molecular complexity index is 653. The zero-order valence-electron chi connectivity index (χ0n) is 12.8. The lowest BCUT2D eigenvalue weighted by Crippen LogP contribution is -2.31. The van der Waals surface area contributed by atoms with Crippen LogP contribution in [0.5, 0.6) is 0 Å². The van der Waals surface area contributed by atoms with Crippen LogP contribution in [-0.2, 0) is 20.9 Å². The summed E-state index contributed by atoms with van der Waals surface area (Å²) in [4.78, 5) is 23.8. The van der Waals surface area contributed by atoms with Gasteiger partial charge in [0.1, 0.15) is 6.61 Å². The molecule has 0 heterocycles. The summed E-state index contributed by atoms with van der Waals surface area (Å²) in [5.74, 6) is -1.24. The summed E-state index contributed by atoms with van der Waals surface area (Å²) >= 11 is 0. The van der Waals surface area contributed by atoms with Gasteiger partial charge in [-0.1, -0.05) is 67.2 Å². The van der Waals surface area contributed by atoms with Crippen molar-refractivity contribution in [3.8, 4) is 0 Å². The van der Waals surface area contributed by atoms with Crippen LogP contribution in [0.25, 0.3) is 0 Å². The molecular formula is C19H19NO3. The number of nitrogens with one attached hydrogen (secondary N) is 1. The van der Waals surface area contributed by atoms with Crippen molar-refractivity contribution >= 4 is 11.9 Å². The first-order chi connectivity index (χ1) is 11.2. The summed E-state index contributed by atoms with van der Waals surface area (Å²) in [6.07, 6.45) is 1.18. The van der Waals surface area contributed by atoms with Crippen molar-refractivity contribution in [2.75, 3.05) is 6.54 Å². The Morgan fingerprint density at radius 2 is 1.65 bits per heavy atom. The lowest BCUT2D eigenvalue weighted by molar-refractivity contribution is -0.146. The zero-order chi connectivity index (χ0) is 16.5. The number of carbonyl (C=O) groups excluding carboxylic acids is 2. The second-order valence-corrected chi connectivity index (χ2v) is 5.01. The van der Waals surface area contributed by atoms with Gasteiger partial charge in [-0.15, -0.1) is 0 Å². The topological polar surface area (TPSA) is 55.4 Å². The van der Waals surface area contributed by atoms with Crippen molar-refractivity contribution in [1.29, 1.82) is 0 Å². The first-order valence-electron chi connectivity index (χ1n) is 7.36. The predicted octanol–water partition coefficient (Wildman–Crippen LogP) is 2.82. The molecule has 0 aromatic heterocycles. The average Bonchev–Trinajstić information content (AvgIpc) is 2.61. The van der Waals surface area contributed by atoms with Crippen LogP contribution in [0.15, 0.2) is 73.3 Å². The third kappa shape index (κ3) is 5.11. The molecule has 0 aliphatic carbocycles. The Kier molecular flexibility index (Phi) is 6.12. The Balaban J connectivity index is 2.04. The fraction of sp³-hybridized carbons (Fsp3) is 0.158. The molecule has 0 aliphatic rings. The number of esters is 1. The molecule has 0 fully saturated rings. The summed E-state index contributed by atoms with van der Waals surface area (Å²) in [6.45, 7) is 3.78. The molecular weight excluding hydrogens is 290 g/mol. The molecule has 0 bridgehead atoms. The summed E-state index contributed by atoms with van der Waals surface area (Å²) in [7, 11) is 0. The standard InChI is InChI=1S/C19H19NO3/c1-2-18(21)20-13-17(16-11-7-4-8-12-16)19(22)23-14-15-9-5-3-6-10-15/h2-12,17H,1,13-14H2,(H,20,21). The Labute approximate surface area is 135 Å². The van der Waals surface area contributed by atoms with E-state index in [1.165, 1.54) is 6.08 Å². The van der Waals surface area contributed by atoms with E-state index < -0.39 is 5.92 Å². The third-order valence-corrected chi connectivity index (χ3v) is 3.38. The molecule has 2 aromatic rings. The molecule has 2 aromatic carbocycles. The van der Waals surface area contributed by atoms with E-state index in [4.69, 9.17) is 4.74 Å². The number of amides is 1.